The SMILES string of the molecule is CC(=O)N[C@@H](CC(=O)NCCc1ccccc1C)c1ccc(C)cc1. The van der Waals surface area contributed by atoms with Gasteiger partial charge in [0.25, 0.3) is 0 Å². The standard InChI is InChI=1S/C21H26N2O2/c1-15-8-10-19(11-9-15)20(23-17(3)24)14-21(25)22-13-12-18-7-5-4-6-16(18)2/h4-11,20H,12-14H2,1-3H3,(H,22,25)(H,23,24)/t20-/m0/s1. The molecule has 0 spiro atoms. The Kier molecular flexibility index (Phi) is 6.75. The zero-order valence-electron chi connectivity index (χ0n) is 15.1. The van der Waals surface area contributed by atoms with Crippen LogP contribution in [0.2, 0.25) is 0 Å². The summed E-state index contributed by atoms with van der Waals surface area (Å²) in [5.74, 6) is -0.203. The van der Waals surface area contributed by atoms with Crippen LogP contribution in [-0.2, 0) is 16.0 Å². The molecule has 0 aliphatic heterocycles. The van der Waals surface area contributed by atoms with Gasteiger partial charge >= 0.3 is 0 Å². The summed E-state index contributed by atoms with van der Waals surface area (Å²) in [5, 5.41) is 5.82. The Morgan fingerprint density at radius 1 is 1.00 bits per heavy atom. The molecule has 0 aromatic heterocycles. The summed E-state index contributed by atoms with van der Waals surface area (Å²) in [6, 6.07) is 15.7. The first-order valence-electron chi connectivity index (χ1n) is 8.60. The van der Waals surface area contributed by atoms with E-state index in [0.717, 1.165) is 17.5 Å². The van der Waals surface area contributed by atoms with Gasteiger partial charge in [0, 0.05) is 13.5 Å². The molecule has 0 radical (unpaired) electrons. The highest BCUT2D eigenvalue weighted by Crippen LogP contribution is 2.17. The van der Waals surface area contributed by atoms with Gasteiger partial charge in [0.2, 0.25) is 11.8 Å². The van der Waals surface area contributed by atoms with E-state index in [2.05, 4.69) is 29.7 Å². The lowest BCUT2D eigenvalue weighted by Gasteiger charge is -2.18. The highest BCUT2D eigenvalue weighted by atomic mass is 16.2. The molecule has 1 atom stereocenters. The van der Waals surface area contributed by atoms with E-state index in [4.69, 9.17) is 0 Å². The monoisotopic (exact) mass is 338 g/mol. The summed E-state index contributed by atoms with van der Waals surface area (Å²) in [6.07, 6.45) is 1.03. The first-order valence-corrected chi connectivity index (χ1v) is 8.60. The fourth-order valence-corrected chi connectivity index (χ4v) is 2.78. The van der Waals surface area contributed by atoms with Crippen molar-refractivity contribution in [2.45, 2.75) is 39.7 Å². The first kappa shape index (κ1) is 18.7. The topological polar surface area (TPSA) is 58.2 Å². The van der Waals surface area contributed by atoms with Gasteiger partial charge in [0.05, 0.1) is 12.5 Å². The zero-order chi connectivity index (χ0) is 18.2. The lowest BCUT2D eigenvalue weighted by atomic mass is 10.0. The maximum atomic E-state index is 12.3. The van der Waals surface area contributed by atoms with Crippen molar-refractivity contribution >= 4 is 11.8 Å². The van der Waals surface area contributed by atoms with Gasteiger partial charge in [-0.1, -0.05) is 54.1 Å². The number of nitrogens with one attached hydrogen (secondary N) is 2. The Bertz CT molecular complexity index is 723. The number of hydrogen-bond acceptors (Lipinski definition) is 2. The molecule has 25 heavy (non-hydrogen) atoms. The maximum absolute atomic E-state index is 12.3. The average Bonchev–Trinajstić information content (AvgIpc) is 2.56. The summed E-state index contributed by atoms with van der Waals surface area (Å²) < 4.78 is 0. The number of carbonyl (C=O) groups excluding carboxylic acids is 2. The minimum atomic E-state index is -0.309. The van der Waals surface area contributed by atoms with Gasteiger partial charge in [-0.15, -0.1) is 0 Å². The van der Waals surface area contributed by atoms with Gasteiger partial charge in [-0.25, -0.2) is 0 Å². The van der Waals surface area contributed by atoms with Gasteiger partial charge < -0.3 is 10.6 Å². The van der Waals surface area contributed by atoms with Gasteiger partial charge in [0.15, 0.2) is 0 Å². The molecule has 132 valence electrons. The quantitative estimate of drug-likeness (QED) is 0.814. The van der Waals surface area contributed by atoms with Crippen LogP contribution in [0, 0.1) is 13.8 Å². The number of carbonyl (C=O) groups is 2. The Morgan fingerprint density at radius 3 is 2.32 bits per heavy atom. The second-order valence-corrected chi connectivity index (χ2v) is 6.39. The summed E-state index contributed by atoms with van der Waals surface area (Å²) in [6.45, 7) is 6.14. The molecule has 0 aliphatic carbocycles. The summed E-state index contributed by atoms with van der Waals surface area (Å²) in [5.41, 5.74) is 4.55. The van der Waals surface area contributed by atoms with Crippen molar-refractivity contribution in [3.05, 3.63) is 70.8 Å². The molecule has 2 N–H and O–H groups in total. The normalized spacial score (nSPS) is 11.6. The van der Waals surface area contributed by atoms with Crippen molar-refractivity contribution in [2.75, 3.05) is 6.54 Å². The first-order chi connectivity index (χ1) is 12.0. The van der Waals surface area contributed by atoms with Gasteiger partial charge in [-0.3, -0.25) is 9.59 Å². The Labute approximate surface area is 149 Å². The minimum Gasteiger partial charge on any atom is -0.356 e. The second kappa shape index (κ2) is 9.02. The van der Waals surface area contributed by atoms with Crippen molar-refractivity contribution in [2.24, 2.45) is 0 Å². The summed E-state index contributed by atoms with van der Waals surface area (Å²) in [7, 11) is 0. The van der Waals surface area contributed by atoms with E-state index in [1.54, 1.807) is 0 Å². The van der Waals surface area contributed by atoms with Crippen molar-refractivity contribution < 1.29 is 9.59 Å². The molecule has 4 heteroatoms. The number of hydrogen-bond donors (Lipinski definition) is 2. The molecule has 4 nitrogen and oxygen atoms in total. The molecule has 0 saturated carbocycles. The average molecular weight is 338 g/mol. The van der Waals surface area contributed by atoms with Gasteiger partial charge in [0.1, 0.15) is 0 Å². The third-order valence-corrected chi connectivity index (χ3v) is 4.22. The van der Waals surface area contributed by atoms with Crippen LogP contribution < -0.4 is 10.6 Å². The molecule has 0 heterocycles. The smallest absolute Gasteiger partial charge is 0.222 e. The number of rotatable bonds is 7. The Balaban J connectivity index is 1.91. The second-order valence-electron chi connectivity index (χ2n) is 6.39. The molecule has 0 bridgehead atoms. The molecule has 2 amide bonds. The van der Waals surface area contributed by atoms with Crippen LogP contribution in [-0.4, -0.2) is 18.4 Å². The number of benzene rings is 2. The molecular formula is C21H26N2O2. The van der Waals surface area contributed by atoms with E-state index in [1.165, 1.54) is 18.1 Å². The molecule has 0 saturated heterocycles. The van der Waals surface area contributed by atoms with Crippen molar-refractivity contribution in [1.82, 2.24) is 10.6 Å². The predicted octanol–water partition coefficient (Wildman–Crippen LogP) is 3.23. The van der Waals surface area contributed by atoms with Crippen LogP contribution in [0.4, 0.5) is 0 Å². The fraction of sp³-hybridized carbons (Fsp3) is 0.333. The van der Waals surface area contributed by atoms with Crippen LogP contribution in [0.25, 0.3) is 0 Å². The van der Waals surface area contributed by atoms with Crippen molar-refractivity contribution in [1.29, 1.82) is 0 Å². The summed E-state index contributed by atoms with van der Waals surface area (Å²) in [4.78, 5) is 23.8. The van der Waals surface area contributed by atoms with E-state index in [0.29, 0.717) is 6.54 Å². The maximum Gasteiger partial charge on any atom is 0.222 e. The largest absolute Gasteiger partial charge is 0.356 e. The predicted molar refractivity (Wildman–Crippen MR) is 100 cm³/mol. The minimum absolute atomic E-state index is 0.0621. The van der Waals surface area contributed by atoms with Gasteiger partial charge in [-0.2, -0.15) is 0 Å². The van der Waals surface area contributed by atoms with Crippen LogP contribution >= 0.6 is 0 Å². The lowest BCUT2D eigenvalue weighted by Crippen LogP contribution is -2.33. The summed E-state index contributed by atoms with van der Waals surface area (Å²) >= 11 is 0. The van der Waals surface area contributed by atoms with E-state index >= 15 is 0 Å². The molecule has 0 unspecified atom stereocenters. The molecule has 2 aromatic rings. The molecule has 0 aliphatic rings. The number of aryl methyl sites for hydroxylation is 2. The van der Waals surface area contributed by atoms with E-state index in [-0.39, 0.29) is 24.3 Å². The lowest BCUT2D eigenvalue weighted by molar-refractivity contribution is -0.122. The van der Waals surface area contributed by atoms with E-state index in [1.807, 2.05) is 43.3 Å². The van der Waals surface area contributed by atoms with Crippen LogP contribution in [0.3, 0.4) is 0 Å². The van der Waals surface area contributed by atoms with E-state index in [9.17, 15) is 9.59 Å². The van der Waals surface area contributed by atoms with Crippen LogP contribution in [0.5, 0.6) is 0 Å². The van der Waals surface area contributed by atoms with Crippen molar-refractivity contribution in [3.63, 3.8) is 0 Å². The highest BCUT2D eigenvalue weighted by Gasteiger charge is 2.16. The third-order valence-electron chi connectivity index (χ3n) is 4.22. The van der Waals surface area contributed by atoms with Crippen LogP contribution in [0.1, 0.15) is 41.6 Å². The van der Waals surface area contributed by atoms with Crippen molar-refractivity contribution in [3.8, 4) is 0 Å². The highest BCUT2D eigenvalue weighted by molar-refractivity contribution is 5.79. The molecule has 2 aromatic carbocycles. The molecule has 2 rings (SSSR count). The Morgan fingerprint density at radius 2 is 1.68 bits per heavy atom. The molecular weight excluding hydrogens is 312 g/mol. The Hall–Kier alpha value is -2.62. The fourth-order valence-electron chi connectivity index (χ4n) is 2.78. The van der Waals surface area contributed by atoms with Crippen LogP contribution in [0.15, 0.2) is 48.5 Å². The number of amides is 2. The molecule has 0 fully saturated rings. The zero-order valence-corrected chi connectivity index (χ0v) is 15.1. The van der Waals surface area contributed by atoms with Gasteiger partial charge in [-0.05, 0) is 37.0 Å². The van der Waals surface area contributed by atoms with E-state index < -0.39 is 0 Å². The third kappa shape index (κ3) is 6.07.